The molecule has 0 bridgehead atoms. The smallest absolute Gasteiger partial charge is 0.241 e. The molecule has 2 atom stereocenters. The highest BCUT2D eigenvalue weighted by Gasteiger charge is 2.28. The van der Waals surface area contributed by atoms with Crippen molar-refractivity contribution in [2.45, 2.75) is 71.4 Å². The molecule has 1 aromatic rings. The van der Waals surface area contributed by atoms with Crippen LogP contribution in [-0.4, -0.2) is 27.0 Å². The van der Waals surface area contributed by atoms with Crippen molar-refractivity contribution < 1.29 is 8.42 Å². The van der Waals surface area contributed by atoms with Crippen LogP contribution in [0.1, 0.15) is 47.6 Å². The summed E-state index contributed by atoms with van der Waals surface area (Å²) in [4.78, 5) is 0.472. The maximum Gasteiger partial charge on any atom is 0.241 e. The Labute approximate surface area is 146 Å². The van der Waals surface area contributed by atoms with Gasteiger partial charge in [0.2, 0.25) is 10.0 Å². The first-order valence-corrected chi connectivity index (χ1v) is 9.46. The van der Waals surface area contributed by atoms with Crippen molar-refractivity contribution >= 4 is 22.4 Å². The van der Waals surface area contributed by atoms with E-state index < -0.39 is 10.0 Å². The van der Waals surface area contributed by atoms with E-state index in [1.165, 1.54) is 5.56 Å². The number of hydrogen-bond donors (Lipinski definition) is 2. The number of benzene rings is 1. The average Bonchev–Trinajstić information content (AvgIpc) is 2.42. The van der Waals surface area contributed by atoms with Crippen molar-refractivity contribution in [2.75, 3.05) is 6.54 Å². The molecule has 23 heavy (non-hydrogen) atoms. The van der Waals surface area contributed by atoms with Crippen LogP contribution in [0.15, 0.2) is 4.90 Å². The maximum atomic E-state index is 12.9. The topological polar surface area (TPSA) is 58.2 Å². The molecule has 0 aromatic heterocycles. The Morgan fingerprint density at radius 1 is 0.957 bits per heavy atom. The van der Waals surface area contributed by atoms with Crippen molar-refractivity contribution in [1.82, 2.24) is 10.0 Å². The summed E-state index contributed by atoms with van der Waals surface area (Å²) in [6.07, 6.45) is 1.67. The Kier molecular flexibility index (Phi) is 6.67. The van der Waals surface area contributed by atoms with E-state index in [4.69, 9.17) is 0 Å². The normalized spacial score (nSPS) is 21.8. The van der Waals surface area contributed by atoms with E-state index in [1.807, 2.05) is 27.7 Å². The molecular weight excluding hydrogens is 332 g/mol. The lowest BCUT2D eigenvalue weighted by Gasteiger charge is -2.29. The van der Waals surface area contributed by atoms with Gasteiger partial charge in [-0.25, -0.2) is 13.1 Å². The highest BCUT2D eigenvalue weighted by molar-refractivity contribution is 7.89. The fourth-order valence-corrected chi connectivity index (χ4v) is 5.27. The van der Waals surface area contributed by atoms with Gasteiger partial charge in [-0.15, -0.1) is 12.4 Å². The van der Waals surface area contributed by atoms with Crippen LogP contribution in [0.4, 0.5) is 0 Å². The SMILES string of the molecule is Cc1c(C)c(C)c(S(=O)(=O)NC2CCNC(C)C2)c(C)c1C.Cl. The predicted molar refractivity (Wildman–Crippen MR) is 98.2 cm³/mol. The fourth-order valence-electron chi connectivity index (χ4n) is 3.39. The van der Waals surface area contributed by atoms with Gasteiger partial charge in [0, 0.05) is 12.1 Å². The van der Waals surface area contributed by atoms with Gasteiger partial charge in [-0.3, -0.25) is 0 Å². The van der Waals surface area contributed by atoms with Crippen LogP contribution in [0.2, 0.25) is 0 Å². The number of rotatable bonds is 3. The third kappa shape index (κ3) is 4.08. The second-order valence-corrected chi connectivity index (χ2v) is 8.30. The van der Waals surface area contributed by atoms with Gasteiger partial charge in [0.15, 0.2) is 0 Å². The number of sulfonamides is 1. The summed E-state index contributed by atoms with van der Waals surface area (Å²) in [5.74, 6) is 0. The Hall–Kier alpha value is -0.620. The maximum absolute atomic E-state index is 12.9. The average molecular weight is 361 g/mol. The summed E-state index contributed by atoms with van der Waals surface area (Å²) in [5, 5.41) is 3.35. The molecule has 1 aliphatic heterocycles. The summed E-state index contributed by atoms with van der Waals surface area (Å²) in [7, 11) is -3.48. The molecule has 2 unspecified atom stereocenters. The highest BCUT2D eigenvalue weighted by Crippen LogP contribution is 2.29. The molecule has 1 heterocycles. The summed E-state index contributed by atoms with van der Waals surface area (Å²) in [6.45, 7) is 12.8. The molecule has 132 valence electrons. The molecule has 0 amide bonds. The van der Waals surface area contributed by atoms with Gasteiger partial charge >= 0.3 is 0 Å². The first-order chi connectivity index (χ1) is 10.1. The summed E-state index contributed by atoms with van der Waals surface area (Å²) >= 11 is 0. The van der Waals surface area contributed by atoms with Gasteiger partial charge in [-0.2, -0.15) is 0 Å². The molecule has 6 heteroatoms. The first kappa shape index (κ1) is 20.4. The van der Waals surface area contributed by atoms with E-state index >= 15 is 0 Å². The quantitative estimate of drug-likeness (QED) is 0.870. The highest BCUT2D eigenvalue weighted by atomic mass is 35.5. The summed E-state index contributed by atoms with van der Waals surface area (Å²) in [6, 6.07) is 0.368. The van der Waals surface area contributed by atoms with E-state index in [2.05, 4.69) is 23.9 Å². The van der Waals surface area contributed by atoms with E-state index in [0.29, 0.717) is 10.9 Å². The second kappa shape index (κ2) is 7.51. The second-order valence-electron chi connectivity index (χ2n) is 6.65. The molecule has 1 saturated heterocycles. The number of halogens is 1. The lowest BCUT2D eigenvalue weighted by atomic mass is 9.95. The zero-order valence-corrected chi connectivity index (χ0v) is 16.5. The Bertz CT molecular complexity index is 657. The molecule has 1 aromatic carbocycles. The van der Waals surface area contributed by atoms with Gasteiger partial charge in [0.25, 0.3) is 0 Å². The number of piperidine rings is 1. The van der Waals surface area contributed by atoms with Crippen LogP contribution < -0.4 is 10.0 Å². The molecule has 2 N–H and O–H groups in total. The standard InChI is InChI=1S/C17H28N2O2S.ClH/c1-10-9-16(7-8-18-10)19-22(20,21)17-14(5)12(3)11(2)13(4)15(17)6;/h10,16,18-19H,7-9H2,1-6H3;1H. The lowest BCUT2D eigenvalue weighted by molar-refractivity contribution is 0.361. The van der Waals surface area contributed by atoms with Gasteiger partial charge in [0.05, 0.1) is 4.90 Å². The van der Waals surface area contributed by atoms with Crippen LogP contribution in [0.3, 0.4) is 0 Å². The predicted octanol–water partition coefficient (Wildman–Crippen LogP) is 3.07. The minimum absolute atomic E-state index is 0. The first-order valence-electron chi connectivity index (χ1n) is 7.97. The van der Waals surface area contributed by atoms with Crippen LogP contribution in [0.25, 0.3) is 0 Å². The molecule has 0 spiro atoms. The van der Waals surface area contributed by atoms with Gasteiger partial charge < -0.3 is 5.32 Å². The third-order valence-electron chi connectivity index (χ3n) is 5.15. The molecule has 0 saturated carbocycles. The largest absolute Gasteiger partial charge is 0.314 e. The van der Waals surface area contributed by atoms with E-state index in [-0.39, 0.29) is 18.4 Å². The van der Waals surface area contributed by atoms with E-state index in [9.17, 15) is 8.42 Å². The molecular formula is C17H29ClN2O2S. The number of hydrogen-bond acceptors (Lipinski definition) is 3. The van der Waals surface area contributed by atoms with E-state index in [1.54, 1.807) is 0 Å². The lowest BCUT2D eigenvalue weighted by Crippen LogP contribution is -2.46. The fraction of sp³-hybridized carbons (Fsp3) is 0.647. The van der Waals surface area contributed by atoms with Gasteiger partial charge in [0.1, 0.15) is 0 Å². The van der Waals surface area contributed by atoms with E-state index in [0.717, 1.165) is 41.6 Å². The van der Waals surface area contributed by atoms with Crippen molar-refractivity contribution in [3.05, 3.63) is 27.8 Å². The van der Waals surface area contributed by atoms with Crippen LogP contribution in [0, 0.1) is 34.6 Å². The van der Waals surface area contributed by atoms with Crippen molar-refractivity contribution in [2.24, 2.45) is 0 Å². The Morgan fingerprint density at radius 2 is 1.43 bits per heavy atom. The molecule has 1 aliphatic rings. The Balaban J connectivity index is 0.00000264. The zero-order chi connectivity index (χ0) is 16.7. The third-order valence-corrected chi connectivity index (χ3v) is 6.94. The minimum atomic E-state index is -3.48. The molecule has 1 fully saturated rings. The summed E-state index contributed by atoms with van der Waals surface area (Å²) < 4.78 is 28.8. The van der Waals surface area contributed by atoms with Crippen LogP contribution in [0.5, 0.6) is 0 Å². The van der Waals surface area contributed by atoms with Gasteiger partial charge in [-0.1, -0.05) is 0 Å². The van der Waals surface area contributed by atoms with Crippen molar-refractivity contribution in [3.63, 3.8) is 0 Å². The van der Waals surface area contributed by atoms with Crippen molar-refractivity contribution in [1.29, 1.82) is 0 Å². The zero-order valence-electron chi connectivity index (χ0n) is 14.9. The monoisotopic (exact) mass is 360 g/mol. The molecule has 0 radical (unpaired) electrons. The molecule has 2 rings (SSSR count). The van der Waals surface area contributed by atoms with Crippen molar-refractivity contribution in [3.8, 4) is 0 Å². The molecule has 4 nitrogen and oxygen atoms in total. The van der Waals surface area contributed by atoms with Gasteiger partial charge in [-0.05, 0) is 88.7 Å². The van der Waals surface area contributed by atoms with Crippen LogP contribution in [-0.2, 0) is 10.0 Å². The summed E-state index contributed by atoms with van der Waals surface area (Å²) in [5.41, 5.74) is 5.07. The van der Waals surface area contributed by atoms with Crippen LogP contribution >= 0.6 is 12.4 Å². The minimum Gasteiger partial charge on any atom is -0.314 e. The molecule has 0 aliphatic carbocycles. The number of nitrogens with one attached hydrogen (secondary N) is 2. The Morgan fingerprint density at radius 3 is 1.91 bits per heavy atom.